The Morgan fingerprint density at radius 2 is 1.93 bits per heavy atom. The Morgan fingerprint density at radius 3 is 2.55 bits per heavy atom. The molecule has 3 rings (SSSR count). The molecule has 2 aromatic heterocycles. The molecule has 11 nitrogen and oxygen atoms in total. The Bertz CT molecular complexity index is 1060. The number of hydrogen-bond acceptors (Lipinski definition) is 9. The fraction of sp³-hybridized carbons (Fsp3) is 0.111. The Balaban J connectivity index is 2.00. The number of carbonyl (C=O) groups is 2. The number of rotatable bonds is 7. The van der Waals surface area contributed by atoms with Gasteiger partial charge in [0, 0.05) is 7.05 Å². The molecule has 0 saturated heterocycles. The predicted molar refractivity (Wildman–Crippen MR) is 102 cm³/mol. The molecule has 148 valence electrons. The number of ether oxygens (including phenoxy) is 1. The summed E-state index contributed by atoms with van der Waals surface area (Å²) in [5, 5.41) is 11.0. The van der Waals surface area contributed by atoms with E-state index in [-0.39, 0.29) is 34.6 Å². The second-order valence-corrected chi connectivity index (χ2v) is 5.78. The van der Waals surface area contributed by atoms with Gasteiger partial charge in [-0.15, -0.1) is 0 Å². The number of anilines is 1. The van der Waals surface area contributed by atoms with Crippen LogP contribution in [-0.2, 0) is 11.9 Å². The summed E-state index contributed by atoms with van der Waals surface area (Å²) in [5.74, 6) is -0.0509. The van der Waals surface area contributed by atoms with E-state index in [4.69, 9.17) is 15.3 Å². The molecule has 11 heteroatoms. The number of benzene rings is 1. The van der Waals surface area contributed by atoms with Crippen LogP contribution in [0.1, 0.15) is 28.5 Å². The van der Waals surface area contributed by atoms with Gasteiger partial charge in [-0.25, -0.2) is 14.5 Å². The van der Waals surface area contributed by atoms with Crippen LogP contribution in [-0.4, -0.2) is 37.1 Å². The molecule has 29 heavy (non-hydrogen) atoms. The Morgan fingerprint density at radius 1 is 1.17 bits per heavy atom. The summed E-state index contributed by atoms with van der Waals surface area (Å²) in [7, 11) is 1.63. The van der Waals surface area contributed by atoms with E-state index in [1.165, 1.54) is 17.7 Å². The van der Waals surface area contributed by atoms with E-state index in [9.17, 15) is 9.59 Å². The van der Waals surface area contributed by atoms with Gasteiger partial charge >= 0.3 is 6.09 Å². The van der Waals surface area contributed by atoms with Crippen molar-refractivity contribution < 1.29 is 19.2 Å². The van der Waals surface area contributed by atoms with Gasteiger partial charge in [0.1, 0.15) is 5.69 Å². The number of amides is 1. The lowest BCUT2D eigenvalue weighted by Gasteiger charge is -2.12. The first-order chi connectivity index (χ1) is 13.9. The van der Waals surface area contributed by atoms with Crippen molar-refractivity contribution in [2.24, 2.45) is 12.8 Å². The number of tetrazole rings is 1. The fourth-order valence-corrected chi connectivity index (χ4v) is 2.29. The first-order valence-corrected chi connectivity index (χ1v) is 8.35. The first kappa shape index (κ1) is 19.5. The standard InChI is InChI=1S/C18H17N7O4/c1-11(26)13-8-9-14(20-16(13)28-17(19)27)15(10-12-6-4-3-5-7-12)29-22-18-21-23-24-25(18)2/h3-10H,1-2H3,(H2,19,27)(H,21,22,24)/b15-10-. The summed E-state index contributed by atoms with van der Waals surface area (Å²) in [6.45, 7) is 1.32. The van der Waals surface area contributed by atoms with E-state index in [1.807, 2.05) is 30.3 Å². The number of nitrogens with zero attached hydrogens (tertiary/aromatic N) is 5. The molecule has 0 saturated carbocycles. The molecule has 3 N–H and O–H groups in total. The van der Waals surface area contributed by atoms with Crippen molar-refractivity contribution in [1.82, 2.24) is 25.2 Å². The third kappa shape index (κ3) is 4.91. The summed E-state index contributed by atoms with van der Waals surface area (Å²) in [6, 6.07) is 12.3. The van der Waals surface area contributed by atoms with E-state index in [1.54, 1.807) is 19.2 Å². The number of aromatic nitrogens is 5. The molecule has 1 aromatic carbocycles. The number of ketones is 1. The van der Waals surface area contributed by atoms with E-state index in [0.29, 0.717) is 0 Å². The minimum atomic E-state index is -1.09. The molecule has 0 spiro atoms. The zero-order valence-corrected chi connectivity index (χ0v) is 15.6. The summed E-state index contributed by atoms with van der Waals surface area (Å²) in [4.78, 5) is 32.8. The molecule has 0 fully saturated rings. The summed E-state index contributed by atoms with van der Waals surface area (Å²) in [5.41, 5.74) is 8.91. The quantitative estimate of drug-likeness (QED) is 0.347. The third-order valence-corrected chi connectivity index (χ3v) is 3.66. The molecule has 0 aliphatic carbocycles. The van der Waals surface area contributed by atoms with Gasteiger partial charge in [-0.3, -0.25) is 4.79 Å². The van der Waals surface area contributed by atoms with Gasteiger partial charge in [-0.05, 0) is 41.1 Å². The largest absolute Gasteiger partial charge is 0.411 e. The molecule has 0 atom stereocenters. The number of aryl methyl sites for hydroxylation is 1. The molecule has 0 aliphatic rings. The monoisotopic (exact) mass is 395 g/mol. The van der Waals surface area contributed by atoms with Crippen molar-refractivity contribution in [3.05, 3.63) is 59.3 Å². The van der Waals surface area contributed by atoms with Crippen LogP contribution in [0.25, 0.3) is 11.8 Å². The molecular weight excluding hydrogens is 378 g/mol. The predicted octanol–water partition coefficient (Wildman–Crippen LogP) is 1.81. The second kappa shape index (κ2) is 8.61. The van der Waals surface area contributed by atoms with Gasteiger partial charge in [0.25, 0.3) is 5.95 Å². The lowest BCUT2D eigenvalue weighted by molar-refractivity contribution is 0.101. The lowest BCUT2D eigenvalue weighted by Crippen LogP contribution is -2.19. The highest BCUT2D eigenvalue weighted by molar-refractivity contribution is 5.97. The number of hydrogen-bond donors (Lipinski definition) is 2. The van der Waals surface area contributed by atoms with Crippen LogP contribution in [0, 0.1) is 0 Å². The summed E-state index contributed by atoms with van der Waals surface area (Å²) >= 11 is 0. The van der Waals surface area contributed by atoms with Crippen LogP contribution in [0.4, 0.5) is 10.7 Å². The maximum atomic E-state index is 11.8. The van der Waals surface area contributed by atoms with E-state index in [0.717, 1.165) is 5.56 Å². The van der Waals surface area contributed by atoms with Crippen LogP contribution >= 0.6 is 0 Å². The van der Waals surface area contributed by atoms with Gasteiger partial charge in [0.05, 0.1) is 5.56 Å². The van der Waals surface area contributed by atoms with Crippen LogP contribution in [0.2, 0.25) is 0 Å². The Kier molecular flexibility index (Phi) is 5.78. The van der Waals surface area contributed by atoms with Crippen molar-refractivity contribution in [3.8, 4) is 5.88 Å². The number of nitrogens with two attached hydrogens (primary N) is 1. The maximum absolute atomic E-state index is 11.8. The lowest BCUT2D eigenvalue weighted by atomic mass is 10.1. The topological polar surface area (TPSA) is 147 Å². The van der Waals surface area contributed by atoms with Crippen molar-refractivity contribution in [1.29, 1.82) is 0 Å². The number of carbonyl (C=O) groups excluding carboxylic acids is 2. The van der Waals surface area contributed by atoms with Crippen molar-refractivity contribution in [3.63, 3.8) is 0 Å². The molecule has 0 unspecified atom stereocenters. The minimum absolute atomic E-state index is 0.108. The Labute approximate surface area is 165 Å². The van der Waals surface area contributed by atoms with Gasteiger partial charge in [0.15, 0.2) is 11.5 Å². The smallest absolute Gasteiger partial charge is 0.391 e. The highest BCUT2D eigenvalue weighted by Crippen LogP contribution is 2.24. The average Bonchev–Trinajstić information content (AvgIpc) is 3.10. The van der Waals surface area contributed by atoms with Gasteiger partial charge < -0.3 is 15.3 Å². The first-order valence-electron chi connectivity index (χ1n) is 8.35. The molecule has 1 amide bonds. The van der Waals surface area contributed by atoms with Gasteiger partial charge in [0.2, 0.25) is 5.88 Å². The normalized spacial score (nSPS) is 11.0. The van der Waals surface area contributed by atoms with Gasteiger partial charge in [-0.1, -0.05) is 35.4 Å². The molecular formula is C18H17N7O4. The average molecular weight is 395 g/mol. The van der Waals surface area contributed by atoms with Crippen molar-refractivity contribution >= 4 is 29.7 Å². The zero-order chi connectivity index (χ0) is 20.8. The number of primary amides is 1. The van der Waals surface area contributed by atoms with Gasteiger partial charge in [-0.2, -0.15) is 5.48 Å². The highest BCUT2D eigenvalue weighted by Gasteiger charge is 2.17. The summed E-state index contributed by atoms with van der Waals surface area (Å²) < 4.78 is 6.25. The van der Waals surface area contributed by atoms with Crippen LogP contribution < -0.4 is 16.0 Å². The van der Waals surface area contributed by atoms with Crippen molar-refractivity contribution in [2.75, 3.05) is 5.48 Å². The molecule has 0 bridgehead atoms. The minimum Gasteiger partial charge on any atom is -0.391 e. The van der Waals surface area contributed by atoms with Crippen LogP contribution in [0.15, 0.2) is 42.5 Å². The van der Waals surface area contributed by atoms with Crippen molar-refractivity contribution in [2.45, 2.75) is 6.92 Å². The van der Waals surface area contributed by atoms with E-state index in [2.05, 4.69) is 26.0 Å². The van der Waals surface area contributed by atoms with Crippen LogP contribution in [0.3, 0.4) is 0 Å². The third-order valence-electron chi connectivity index (χ3n) is 3.66. The molecule has 0 aliphatic heterocycles. The maximum Gasteiger partial charge on any atom is 0.411 e. The highest BCUT2D eigenvalue weighted by atomic mass is 16.7. The fourth-order valence-electron chi connectivity index (χ4n) is 2.29. The summed E-state index contributed by atoms with van der Waals surface area (Å²) in [6.07, 6.45) is 0.607. The van der Waals surface area contributed by atoms with E-state index >= 15 is 0 Å². The number of Topliss-reactive ketones (excluding diaryl/α,β-unsaturated/α-hetero) is 1. The second-order valence-electron chi connectivity index (χ2n) is 5.78. The molecule has 3 aromatic rings. The SMILES string of the molecule is CC(=O)c1ccc(/C(=C/c2ccccc2)ONc2nnnn2C)nc1OC(N)=O. The number of nitrogens with one attached hydrogen (secondary N) is 1. The zero-order valence-electron chi connectivity index (χ0n) is 15.6. The van der Waals surface area contributed by atoms with Crippen LogP contribution in [0.5, 0.6) is 5.88 Å². The molecule has 2 heterocycles. The van der Waals surface area contributed by atoms with E-state index < -0.39 is 6.09 Å². The molecule has 0 radical (unpaired) electrons. The number of pyridine rings is 1. The Hall–Kier alpha value is -4.28.